The predicted molar refractivity (Wildman–Crippen MR) is 180 cm³/mol. The normalized spacial score (nSPS) is 11.7. The SMILES string of the molecule is CC(C)c1ccc(/C=C/c2ccc(C(C)C)cc2)cc1.CC(C)c1ccc(/C=C\c2ccc(C(C)C)cc2)cc1. The van der Waals surface area contributed by atoms with Gasteiger partial charge in [-0.2, -0.15) is 0 Å². The van der Waals surface area contributed by atoms with Gasteiger partial charge in [0.1, 0.15) is 0 Å². The molecule has 0 atom stereocenters. The van der Waals surface area contributed by atoms with Crippen LogP contribution in [-0.2, 0) is 0 Å². The van der Waals surface area contributed by atoms with Crippen LogP contribution in [0.1, 0.15) is 124 Å². The summed E-state index contributed by atoms with van der Waals surface area (Å²) < 4.78 is 0. The molecule has 208 valence electrons. The van der Waals surface area contributed by atoms with Crippen molar-refractivity contribution in [3.8, 4) is 0 Å². The summed E-state index contributed by atoms with van der Waals surface area (Å²) in [6.45, 7) is 17.8. The van der Waals surface area contributed by atoms with Gasteiger partial charge in [-0.25, -0.2) is 0 Å². The zero-order valence-electron chi connectivity index (χ0n) is 25.9. The van der Waals surface area contributed by atoms with Gasteiger partial charge in [-0.1, -0.05) is 177 Å². The Bertz CT molecular complexity index is 1110. The molecule has 0 radical (unpaired) electrons. The molecule has 0 unspecified atom stereocenters. The molecule has 0 fully saturated rings. The summed E-state index contributed by atoms with van der Waals surface area (Å²) in [6.07, 6.45) is 8.70. The first kappa shape index (κ1) is 30.9. The highest BCUT2D eigenvalue weighted by atomic mass is 14.1. The van der Waals surface area contributed by atoms with E-state index in [4.69, 9.17) is 0 Å². The van der Waals surface area contributed by atoms with Crippen molar-refractivity contribution in [3.63, 3.8) is 0 Å². The molecular formula is C40H48. The minimum Gasteiger partial charge on any atom is -0.0587 e. The van der Waals surface area contributed by atoms with Gasteiger partial charge < -0.3 is 0 Å². The van der Waals surface area contributed by atoms with Gasteiger partial charge >= 0.3 is 0 Å². The highest BCUT2D eigenvalue weighted by molar-refractivity contribution is 5.70. The molecule has 0 aromatic heterocycles. The molecule has 40 heavy (non-hydrogen) atoms. The Morgan fingerprint density at radius 3 is 0.550 bits per heavy atom. The van der Waals surface area contributed by atoms with E-state index in [1.165, 1.54) is 44.5 Å². The Morgan fingerprint density at radius 2 is 0.425 bits per heavy atom. The van der Waals surface area contributed by atoms with Gasteiger partial charge in [-0.05, 0) is 68.2 Å². The lowest BCUT2D eigenvalue weighted by molar-refractivity contribution is 0.866. The molecule has 0 saturated heterocycles. The molecule has 0 heterocycles. The molecule has 0 spiro atoms. The molecular weight excluding hydrogens is 480 g/mol. The van der Waals surface area contributed by atoms with Crippen LogP contribution in [0.2, 0.25) is 0 Å². The van der Waals surface area contributed by atoms with E-state index >= 15 is 0 Å². The van der Waals surface area contributed by atoms with Crippen LogP contribution in [-0.4, -0.2) is 0 Å². The maximum absolute atomic E-state index is 2.22. The van der Waals surface area contributed by atoms with Crippen LogP contribution in [0.4, 0.5) is 0 Å². The number of hydrogen-bond acceptors (Lipinski definition) is 0. The fourth-order valence-corrected chi connectivity index (χ4v) is 4.35. The van der Waals surface area contributed by atoms with Crippen LogP contribution < -0.4 is 0 Å². The molecule has 4 rings (SSSR count). The maximum Gasteiger partial charge on any atom is -0.0219 e. The highest BCUT2D eigenvalue weighted by Gasteiger charge is 2.00. The Labute approximate surface area is 244 Å². The number of benzene rings is 4. The lowest BCUT2D eigenvalue weighted by atomic mass is 10.0. The summed E-state index contributed by atoms with van der Waals surface area (Å²) in [5.41, 5.74) is 10.6. The Balaban J connectivity index is 0.000000220. The fraction of sp³-hybridized carbons (Fsp3) is 0.300. The van der Waals surface area contributed by atoms with E-state index in [-0.39, 0.29) is 0 Å². The van der Waals surface area contributed by atoms with E-state index in [1.807, 2.05) is 0 Å². The second-order valence-corrected chi connectivity index (χ2v) is 12.0. The minimum atomic E-state index is 0.594. The Morgan fingerprint density at radius 1 is 0.275 bits per heavy atom. The average Bonchev–Trinajstić information content (AvgIpc) is 2.96. The van der Waals surface area contributed by atoms with E-state index in [0.717, 1.165) is 0 Å². The molecule has 0 N–H and O–H groups in total. The maximum atomic E-state index is 2.22. The van der Waals surface area contributed by atoms with Crippen LogP contribution in [0.15, 0.2) is 97.1 Å². The number of hydrogen-bond donors (Lipinski definition) is 0. The summed E-state index contributed by atoms with van der Waals surface area (Å²) in [7, 11) is 0. The van der Waals surface area contributed by atoms with Gasteiger partial charge in [-0.15, -0.1) is 0 Å². The molecule has 4 aromatic rings. The van der Waals surface area contributed by atoms with E-state index < -0.39 is 0 Å². The molecule has 4 aromatic carbocycles. The standard InChI is InChI=1S/2C20H24/c2*1-15(2)19-11-7-17(8-12-19)5-6-18-9-13-20(14-10-18)16(3)4/h2*5-16H,1-4H3/b6-5+;6-5-. The lowest BCUT2D eigenvalue weighted by Gasteiger charge is -2.05. The van der Waals surface area contributed by atoms with Crippen molar-refractivity contribution in [1.82, 2.24) is 0 Å². The van der Waals surface area contributed by atoms with Crippen molar-refractivity contribution in [1.29, 1.82) is 0 Å². The number of rotatable bonds is 8. The summed E-state index contributed by atoms with van der Waals surface area (Å²) in [4.78, 5) is 0. The second-order valence-electron chi connectivity index (χ2n) is 12.0. The van der Waals surface area contributed by atoms with E-state index in [9.17, 15) is 0 Å². The van der Waals surface area contributed by atoms with E-state index in [2.05, 4.69) is 177 Å². The Kier molecular flexibility index (Phi) is 11.8. The van der Waals surface area contributed by atoms with E-state index in [0.29, 0.717) is 23.7 Å². The fourth-order valence-electron chi connectivity index (χ4n) is 4.35. The van der Waals surface area contributed by atoms with Crippen LogP contribution >= 0.6 is 0 Å². The van der Waals surface area contributed by atoms with Crippen molar-refractivity contribution in [2.75, 3.05) is 0 Å². The molecule has 0 nitrogen and oxygen atoms in total. The van der Waals surface area contributed by atoms with Crippen molar-refractivity contribution < 1.29 is 0 Å². The largest absolute Gasteiger partial charge is 0.0587 e. The van der Waals surface area contributed by atoms with Crippen LogP contribution in [0.25, 0.3) is 24.3 Å². The Hall–Kier alpha value is -3.64. The van der Waals surface area contributed by atoms with E-state index in [1.54, 1.807) is 0 Å². The van der Waals surface area contributed by atoms with Crippen molar-refractivity contribution in [2.45, 2.75) is 79.1 Å². The monoisotopic (exact) mass is 528 g/mol. The first-order valence-corrected chi connectivity index (χ1v) is 14.9. The average molecular weight is 529 g/mol. The molecule has 0 amide bonds. The van der Waals surface area contributed by atoms with Gasteiger partial charge in [-0.3, -0.25) is 0 Å². The predicted octanol–water partition coefficient (Wildman–Crippen LogP) is 12.2. The summed E-state index contributed by atoms with van der Waals surface area (Å²) in [5.74, 6) is 2.38. The first-order chi connectivity index (χ1) is 19.1. The smallest absolute Gasteiger partial charge is 0.0219 e. The molecule has 0 bridgehead atoms. The minimum absolute atomic E-state index is 0.594. The first-order valence-electron chi connectivity index (χ1n) is 14.9. The van der Waals surface area contributed by atoms with Crippen LogP contribution in [0.3, 0.4) is 0 Å². The third-order valence-corrected chi connectivity index (χ3v) is 7.35. The molecule has 0 aliphatic heterocycles. The molecule has 0 aliphatic rings. The summed E-state index contributed by atoms with van der Waals surface area (Å²) in [5, 5.41) is 0. The van der Waals surface area contributed by atoms with Gasteiger partial charge in [0, 0.05) is 0 Å². The van der Waals surface area contributed by atoms with Crippen molar-refractivity contribution in [3.05, 3.63) is 142 Å². The van der Waals surface area contributed by atoms with Gasteiger partial charge in [0.15, 0.2) is 0 Å². The third-order valence-electron chi connectivity index (χ3n) is 7.35. The van der Waals surface area contributed by atoms with Gasteiger partial charge in [0.25, 0.3) is 0 Å². The molecule has 0 aliphatic carbocycles. The van der Waals surface area contributed by atoms with Gasteiger partial charge in [0.05, 0.1) is 0 Å². The van der Waals surface area contributed by atoms with Crippen molar-refractivity contribution >= 4 is 24.3 Å². The highest BCUT2D eigenvalue weighted by Crippen LogP contribution is 2.20. The third kappa shape index (κ3) is 9.83. The topological polar surface area (TPSA) is 0 Å². The molecule has 0 heteroatoms. The second kappa shape index (κ2) is 15.2. The van der Waals surface area contributed by atoms with Gasteiger partial charge in [0.2, 0.25) is 0 Å². The zero-order chi connectivity index (χ0) is 29.1. The van der Waals surface area contributed by atoms with Crippen LogP contribution in [0, 0.1) is 0 Å². The molecule has 0 saturated carbocycles. The van der Waals surface area contributed by atoms with Crippen molar-refractivity contribution in [2.24, 2.45) is 0 Å². The quantitative estimate of drug-likeness (QED) is 0.199. The lowest BCUT2D eigenvalue weighted by Crippen LogP contribution is -1.86. The summed E-state index contributed by atoms with van der Waals surface area (Å²) >= 11 is 0. The van der Waals surface area contributed by atoms with Crippen LogP contribution in [0.5, 0.6) is 0 Å². The summed E-state index contributed by atoms with van der Waals surface area (Å²) in [6, 6.07) is 35.2. The zero-order valence-corrected chi connectivity index (χ0v) is 25.9.